The van der Waals surface area contributed by atoms with Crippen molar-refractivity contribution in [2.45, 2.75) is 44.6 Å². The Bertz CT molecular complexity index is 311. The molecule has 0 aromatic rings. The first-order valence-electron chi connectivity index (χ1n) is 8.02. The van der Waals surface area contributed by atoms with E-state index < -0.39 is 0 Å². The normalized spacial score (nSPS) is 32.4. The number of amides is 1. The number of carbonyl (C=O) groups is 1. The molecule has 2 heterocycles. The average molecular weight is 265 g/mol. The smallest absolute Gasteiger partial charge is 0.220 e. The van der Waals surface area contributed by atoms with Crippen LogP contribution in [0.4, 0.5) is 0 Å². The van der Waals surface area contributed by atoms with Crippen LogP contribution in [0.2, 0.25) is 0 Å². The zero-order valence-electron chi connectivity index (χ0n) is 11.9. The lowest BCUT2D eigenvalue weighted by molar-refractivity contribution is -0.122. The first-order chi connectivity index (χ1) is 9.31. The van der Waals surface area contributed by atoms with E-state index in [-0.39, 0.29) is 5.91 Å². The van der Waals surface area contributed by atoms with E-state index in [1.807, 2.05) is 0 Å². The predicted octanol–water partition coefficient (Wildman–Crippen LogP) is 0.977. The van der Waals surface area contributed by atoms with Gasteiger partial charge in [0.15, 0.2) is 0 Å². The Morgan fingerprint density at radius 1 is 1.21 bits per heavy atom. The number of carbonyl (C=O) groups excluding carboxylic acids is 1. The fraction of sp³-hybridized carbons (Fsp3) is 0.933. The van der Waals surface area contributed by atoms with Crippen molar-refractivity contribution in [2.75, 3.05) is 32.7 Å². The van der Waals surface area contributed by atoms with Gasteiger partial charge in [0.25, 0.3) is 0 Å². The lowest BCUT2D eigenvalue weighted by Crippen LogP contribution is -2.36. The molecule has 0 aromatic carbocycles. The molecule has 1 aliphatic carbocycles. The highest BCUT2D eigenvalue weighted by molar-refractivity contribution is 5.76. The molecule has 2 atom stereocenters. The van der Waals surface area contributed by atoms with Crippen molar-refractivity contribution in [3.05, 3.63) is 0 Å². The summed E-state index contributed by atoms with van der Waals surface area (Å²) in [6.45, 7) is 5.49. The van der Waals surface area contributed by atoms with Gasteiger partial charge < -0.3 is 15.5 Å². The lowest BCUT2D eigenvalue weighted by atomic mass is 9.96. The second kappa shape index (κ2) is 6.23. The van der Waals surface area contributed by atoms with Crippen LogP contribution in [0.15, 0.2) is 0 Å². The zero-order valence-corrected chi connectivity index (χ0v) is 11.9. The Kier molecular flexibility index (Phi) is 4.38. The molecular weight excluding hydrogens is 238 g/mol. The van der Waals surface area contributed by atoms with E-state index in [2.05, 4.69) is 15.5 Å². The molecule has 0 bridgehead atoms. The summed E-state index contributed by atoms with van der Waals surface area (Å²) in [5, 5.41) is 6.53. The number of nitrogens with zero attached hydrogens (tertiary/aromatic N) is 1. The van der Waals surface area contributed by atoms with Gasteiger partial charge in [0, 0.05) is 25.6 Å². The highest BCUT2D eigenvalue weighted by Gasteiger charge is 2.34. The van der Waals surface area contributed by atoms with Crippen LogP contribution in [-0.4, -0.2) is 49.6 Å². The van der Waals surface area contributed by atoms with Gasteiger partial charge in [-0.05, 0) is 63.6 Å². The van der Waals surface area contributed by atoms with Crippen LogP contribution in [0, 0.1) is 11.8 Å². The number of hydrogen-bond donors (Lipinski definition) is 2. The van der Waals surface area contributed by atoms with Crippen molar-refractivity contribution in [1.82, 2.24) is 15.5 Å². The summed E-state index contributed by atoms with van der Waals surface area (Å²) in [4.78, 5) is 14.6. The Labute approximate surface area is 116 Å². The molecule has 4 heteroatoms. The largest absolute Gasteiger partial charge is 0.356 e. The SMILES string of the molecule is O=C(CC1CCCNC1)NCC1CCN(C2CC2)C1. The maximum atomic E-state index is 11.9. The topological polar surface area (TPSA) is 44.4 Å². The Morgan fingerprint density at radius 2 is 2.11 bits per heavy atom. The van der Waals surface area contributed by atoms with Crippen LogP contribution in [0.25, 0.3) is 0 Å². The quantitative estimate of drug-likeness (QED) is 0.779. The summed E-state index contributed by atoms with van der Waals surface area (Å²) in [7, 11) is 0. The van der Waals surface area contributed by atoms with E-state index in [1.165, 1.54) is 45.2 Å². The molecule has 0 spiro atoms. The average Bonchev–Trinajstić information content (AvgIpc) is 3.17. The third-order valence-electron chi connectivity index (χ3n) is 4.84. The Hall–Kier alpha value is -0.610. The summed E-state index contributed by atoms with van der Waals surface area (Å²) in [5.41, 5.74) is 0. The van der Waals surface area contributed by atoms with Crippen LogP contribution in [0.5, 0.6) is 0 Å². The molecule has 4 nitrogen and oxygen atoms in total. The number of hydrogen-bond acceptors (Lipinski definition) is 3. The second-order valence-electron chi connectivity index (χ2n) is 6.60. The number of rotatable bonds is 5. The summed E-state index contributed by atoms with van der Waals surface area (Å²) >= 11 is 0. The highest BCUT2D eigenvalue weighted by Crippen LogP contribution is 2.31. The first-order valence-corrected chi connectivity index (χ1v) is 8.02. The van der Waals surface area contributed by atoms with E-state index >= 15 is 0 Å². The van der Waals surface area contributed by atoms with Crippen LogP contribution in [0.1, 0.15) is 38.5 Å². The molecule has 2 N–H and O–H groups in total. The lowest BCUT2D eigenvalue weighted by Gasteiger charge is -2.22. The van der Waals surface area contributed by atoms with Gasteiger partial charge in [-0.1, -0.05) is 0 Å². The van der Waals surface area contributed by atoms with E-state index in [0.29, 0.717) is 18.3 Å². The minimum absolute atomic E-state index is 0.263. The van der Waals surface area contributed by atoms with Crippen molar-refractivity contribution in [2.24, 2.45) is 11.8 Å². The fourth-order valence-electron chi connectivity index (χ4n) is 3.49. The molecular formula is C15H27N3O. The second-order valence-corrected chi connectivity index (χ2v) is 6.60. The van der Waals surface area contributed by atoms with Gasteiger partial charge in [-0.25, -0.2) is 0 Å². The summed E-state index contributed by atoms with van der Waals surface area (Å²) < 4.78 is 0. The molecule has 0 aromatic heterocycles. The predicted molar refractivity (Wildman–Crippen MR) is 75.9 cm³/mol. The first kappa shape index (κ1) is 13.4. The molecule has 0 radical (unpaired) electrons. The minimum atomic E-state index is 0.263. The van der Waals surface area contributed by atoms with Crippen LogP contribution >= 0.6 is 0 Å². The summed E-state index contributed by atoms with van der Waals surface area (Å²) in [5.74, 6) is 1.51. The van der Waals surface area contributed by atoms with Gasteiger partial charge in [-0.3, -0.25) is 4.79 Å². The molecule has 1 amide bonds. The fourth-order valence-corrected chi connectivity index (χ4v) is 3.49. The number of likely N-dealkylation sites (tertiary alicyclic amines) is 1. The van der Waals surface area contributed by atoms with Crippen molar-refractivity contribution in [1.29, 1.82) is 0 Å². The van der Waals surface area contributed by atoms with E-state index in [0.717, 1.165) is 25.7 Å². The van der Waals surface area contributed by atoms with Crippen molar-refractivity contribution in [3.63, 3.8) is 0 Å². The standard InChI is InChI=1S/C15H27N3O/c19-15(8-12-2-1-6-16-9-12)17-10-13-5-7-18(11-13)14-3-4-14/h12-14,16H,1-11H2,(H,17,19). The molecule has 2 unspecified atom stereocenters. The van der Waals surface area contributed by atoms with E-state index in [9.17, 15) is 4.79 Å². The van der Waals surface area contributed by atoms with Crippen LogP contribution in [-0.2, 0) is 4.79 Å². The molecule has 3 rings (SSSR count). The third-order valence-corrected chi connectivity index (χ3v) is 4.84. The van der Waals surface area contributed by atoms with Crippen LogP contribution < -0.4 is 10.6 Å². The molecule has 2 saturated heterocycles. The molecule has 1 saturated carbocycles. The van der Waals surface area contributed by atoms with Crippen molar-refractivity contribution in [3.8, 4) is 0 Å². The molecule has 108 valence electrons. The molecule has 3 aliphatic rings. The molecule has 19 heavy (non-hydrogen) atoms. The van der Waals surface area contributed by atoms with Gasteiger partial charge in [0.2, 0.25) is 5.91 Å². The van der Waals surface area contributed by atoms with E-state index in [1.54, 1.807) is 0 Å². The Morgan fingerprint density at radius 3 is 2.84 bits per heavy atom. The van der Waals surface area contributed by atoms with E-state index in [4.69, 9.17) is 0 Å². The minimum Gasteiger partial charge on any atom is -0.356 e. The molecule has 2 aliphatic heterocycles. The third kappa shape index (κ3) is 3.93. The summed E-state index contributed by atoms with van der Waals surface area (Å²) in [6.07, 6.45) is 7.20. The number of piperidine rings is 1. The van der Waals surface area contributed by atoms with Gasteiger partial charge in [0.1, 0.15) is 0 Å². The van der Waals surface area contributed by atoms with Gasteiger partial charge in [-0.15, -0.1) is 0 Å². The maximum absolute atomic E-state index is 11.9. The van der Waals surface area contributed by atoms with Crippen LogP contribution in [0.3, 0.4) is 0 Å². The zero-order chi connectivity index (χ0) is 13.1. The molecule has 3 fully saturated rings. The maximum Gasteiger partial charge on any atom is 0.220 e. The number of nitrogens with one attached hydrogen (secondary N) is 2. The van der Waals surface area contributed by atoms with Gasteiger partial charge in [-0.2, -0.15) is 0 Å². The van der Waals surface area contributed by atoms with Crippen molar-refractivity contribution >= 4 is 5.91 Å². The summed E-state index contributed by atoms with van der Waals surface area (Å²) in [6, 6.07) is 0.883. The highest BCUT2D eigenvalue weighted by atomic mass is 16.1. The monoisotopic (exact) mass is 265 g/mol. The van der Waals surface area contributed by atoms with Gasteiger partial charge in [0.05, 0.1) is 0 Å². The van der Waals surface area contributed by atoms with Gasteiger partial charge >= 0.3 is 0 Å². The van der Waals surface area contributed by atoms with Crippen molar-refractivity contribution < 1.29 is 4.79 Å². The Balaban J connectivity index is 1.31.